The van der Waals surface area contributed by atoms with E-state index >= 15 is 0 Å². The lowest BCUT2D eigenvalue weighted by molar-refractivity contribution is 0.934. The Morgan fingerprint density at radius 2 is 2.07 bits per heavy atom. The van der Waals surface area contributed by atoms with Gasteiger partial charge in [0.25, 0.3) is 0 Å². The molecule has 0 atom stereocenters. The number of hydrogen-bond acceptors (Lipinski definition) is 3. The molecule has 0 aliphatic rings. The molecular weight excluding hydrogens is 200 g/mol. The van der Waals surface area contributed by atoms with Gasteiger partial charge in [-0.25, -0.2) is 9.97 Å². The second kappa shape index (κ2) is 3.38. The van der Waals surface area contributed by atoms with Crippen molar-refractivity contribution in [3.63, 3.8) is 0 Å². The van der Waals surface area contributed by atoms with Crippen LogP contribution in [0.5, 0.6) is 0 Å². The minimum atomic E-state index is 0.383. The van der Waals surface area contributed by atoms with Gasteiger partial charge in [-0.2, -0.15) is 0 Å². The first kappa shape index (κ1) is 9.15. The number of aromatic nitrogens is 4. The van der Waals surface area contributed by atoms with Crippen LogP contribution in [0.15, 0.2) is 18.7 Å². The Labute approximate surface area is 86.6 Å². The van der Waals surface area contributed by atoms with Gasteiger partial charge in [-0.05, 0) is 13.8 Å². The van der Waals surface area contributed by atoms with Gasteiger partial charge in [0.2, 0.25) is 0 Å². The first-order valence-corrected chi connectivity index (χ1v) is 4.55. The maximum atomic E-state index is 5.75. The molecule has 0 aromatic carbocycles. The van der Waals surface area contributed by atoms with Crippen molar-refractivity contribution >= 4 is 11.6 Å². The zero-order valence-electron chi connectivity index (χ0n) is 7.90. The number of imidazole rings is 1. The van der Waals surface area contributed by atoms with Gasteiger partial charge in [-0.1, -0.05) is 11.6 Å². The number of nitrogens with zero attached hydrogens (tertiary/aromatic N) is 4. The molecule has 0 radical (unpaired) electrons. The van der Waals surface area contributed by atoms with Gasteiger partial charge in [-0.15, -0.1) is 0 Å². The van der Waals surface area contributed by atoms with Crippen molar-refractivity contribution in [3.05, 3.63) is 35.3 Å². The van der Waals surface area contributed by atoms with E-state index in [1.165, 1.54) is 6.20 Å². The van der Waals surface area contributed by atoms with Gasteiger partial charge >= 0.3 is 0 Å². The van der Waals surface area contributed by atoms with Gasteiger partial charge in [0, 0.05) is 5.69 Å². The lowest BCUT2D eigenvalue weighted by atomic mass is 10.4. The molecule has 4 nitrogen and oxygen atoms in total. The third-order valence-corrected chi connectivity index (χ3v) is 2.27. The van der Waals surface area contributed by atoms with Crippen molar-refractivity contribution in [1.29, 1.82) is 0 Å². The van der Waals surface area contributed by atoms with Crippen molar-refractivity contribution in [1.82, 2.24) is 19.5 Å². The van der Waals surface area contributed by atoms with Crippen LogP contribution < -0.4 is 0 Å². The van der Waals surface area contributed by atoms with E-state index in [4.69, 9.17) is 11.6 Å². The topological polar surface area (TPSA) is 43.6 Å². The highest BCUT2D eigenvalue weighted by molar-refractivity contribution is 6.29. The first-order valence-electron chi connectivity index (χ1n) is 4.17. The van der Waals surface area contributed by atoms with Gasteiger partial charge in [0.15, 0.2) is 5.82 Å². The highest BCUT2D eigenvalue weighted by atomic mass is 35.5. The summed E-state index contributed by atoms with van der Waals surface area (Å²) < 4.78 is 1.86. The van der Waals surface area contributed by atoms with E-state index in [2.05, 4.69) is 15.0 Å². The van der Waals surface area contributed by atoms with Crippen molar-refractivity contribution in [2.24, 2.45) is 0 Å². The SMILES string of the molecule is Cc1ncn(-c2cncc(Cl)n2)c1C. The summed E-state index contributed by atoms with van der Waals surface area (Å²) in [5.41, 5.74) is 2.02. The molecular formula is C9H9ClN4. The third-order valence-electron chi connectivity index (χ3n) is 2.09. The lowest BCUT2D eigenvalue weighted by Gasteiger charge is -2.03. The molecule has 0 spiro atoms. The Bertz CT molecular complexity index is 464. The molecule has 0 saturated heterocycles. The van der Waals surface area contributed by atoms with Crippen LogP contribution in [0.2, 0.25) is 5.15 Å². The molecule has 2 heterocycles. The van der Waals surface area contributed by atoms with Crippen LogP contribution in [-0.4, -0.2) is 19.5 Å². The van der Waals surface area contributed by atoms with Crippen molar-refractivity contribution < 1.29 is 0 Å². The molecule has 0 saturated carbocycles. The summed E-state index contributed by atoms with van der Waals surface area (Å²) in [6, 6.07) is 0. The van der Waals surface area contributed by atoms with Crippen molar-refractivity contribution in [2.45, 2.75) is 13.8 Å². The number of hydrogen-bond donors (Lipinski definition) is 0. The van der Waals surface area contributed by atoms with E-state index in [0.717, 1.165) is 11.4 Å². The molecule has 0 N–H and O–H groups in total. The maximum absolute atomic E-state index is 5.75. The first-order chi connectivity index (χ1) is 6.68. The van der Waals surface area contributed by atoms with E-state index in [1.54, 1.807) is 12.5 Å². The van der Waals surface area contributed by atoms with Crippen LogP contribution in [0.1, 0.15) is 11.4 Å². The fourth-order valence-corrected chi connectivity index (χ4v) is 1.32. The Hall–Kier alpha value is -1.42. The summed E-state index contributed by atoms with van der Waals surface area (Å²) in [6.45, 7) is 3.93. The van der Waals surface area contributed by atoms with Crippen molar-refractivity contribution in [2.75, 3.05) is 0 Å². The van der Waals surface area contributed by atoms with E-state index in [1.807, 2.05) is 18.4 Å². The quantitative estimate of drug-likeness (QED) is 0.719. The molecule has 72 valence electrons. The molecule has 0 amide bonds. The van der Waals surface area contributed by atoms with Gasteiger partial charge in [0.1, 0.15) is 11.5 Å². The molecule has 2 aromatic rings. The molecule has 0 aliphatic carbocycles. The average Bonchev–Trinajstić information content (AvgIpc) is 2.48. The van der Waals surface area contributed by atoms with E-state index in [9.17, 15) is 0 Å². The molecule has 2 rings (SSSR count). The fourth-order valence-electron chi connectivity index (χ4n) is 1.18. The standard InChI is InChI=1S/C9H9ClN4/c1-6-7(2)14(5-12-6)9-4-11-3-8(10)13-9/h3-5H,1-2H3. The average molecular weight is 209 g/mol. The summed E-state index contributed by atoms with van der Waals surface area (Å²) in [5.74, 6) is 0.690. The summed E-state index contributed by atoms with van der Waals surface area (Å²) in [4.78, 5) is 12.3. The van der Waals surface area contributed by atoms with Crippen molar-refractivity contribution in [3.8, 4) is 5.82 Å². The molecule has 5 heteroatoms. The zero-order chi connectivity index (χ0) is 10.1. The maximum Gasteiger partial charge on any atom is 0.158 e. The minimum absolute atomic E-state index is 0.383. The Balaban J connectivity index is 2.55. The van der Waals surface area contributed by atoms with Crippen LogP contribution in [0.4, 0.5) is 0 Å². The number of rotatable bonds is 1. The molecule has 2 aromatic heterocycles. The smallest absolute Gasteiger partial charge is 0.158 e. The highest BCUT2D eigenvalue weighted by Crippen LogP contribution is 2.12. The Kier molecular flexibility index (Phi) is 2.21. The predicted octanol–water partition coefficient (Wildman–Crippen LogP) is 1.93. The van der Waals surface area contributed by atoms with Crippen LogP contribution in [0.25, 0.3) is 5.82 Å². The second-order valence-electron chi connectivity index (χ2n) is 2.99. The zero-order valence-corrected chi connectivity index (χ0v) is 8.65. The summed E-state index contributed by atoms with van der Waals surface area (Å²) in [5, 5.41) is 0.383. The minimum Gasteiger partial charge on any atom is -0.286 e. The van der Waals surface area contributed by atoms with E-state index < -0.39 is 0 Å². The normalized spacial score (nSPS) is 10.5. The van der Waals surface area contributed by atoms with Crippen LogP contribution in [0.3, 0.4) is 0 Å². The largest absolute Gasteiger partial charge is 0.286 e. The molecule has 0 bridgehead atoms. The Morgan fingerprint density at radius 1 is 1.29 bits per heavy atom. The summed E-state index contributed by atoms with van der Waals surface area (Å²) >= 11 is 5.75. The number of aryl methyl sites for hydroxylation is 1. The van der Waals surface area contributed by atoms with E-state index in [-0.39, 0.29) is 0 Å². The number of halogens is 1. The van der Waals surface area contributed by atoms with Gasteiger partial charge in [-0.3, -0.25) is 9.55 Å². The molecule has 14 heavy (non-hydrogen) atoms. The lowest BCUT2D eigenvalue weighted by Crippen LogP contribution is -1.99. The molecule has 0 fully saturated rings. The van der Waals surface area contributed by atoms with Gasteiger partial charge in [0.05, 0.1) is 18.1 Å². The fraction of sp³-hybridized carbons (Fsp3) is 0.222. The monoisotopic (exact) mass is 208 g/mol. The van der Waals surface area contributed by atoms with Gasteiger partial charge < -0.3 is 0 Å². The van der Waals surface area contributed by atoms with Crippen LogP contribution >= 0.6 is 11.6 Å². The Morgan fingerprint density at radius 3 is 2.64 bits per heavy atom. The predicted molar refractivity (Wildman–Crippen MR) is 53.6 cm³/mol. The summed E-state index contributed by atoms with van der Waals surface area (Å²) in [6.07, 6.45) is 4.87. The third kappa shape index (κ3) is 1.48. The van der Waals surface area contributed by atoms with E-state index in [0.29, 0.717) is 11.0 Å². The second-order valence-corrected chi connectivity index (χ2v) is 3.37. The van der Waals surface area contributed by atoms with Crippen LogP contribution in [-0.2, 0) is 0 Å². The van der Waals surface area contributed by atoms with Crippen LogP contribution in [0, 0.1) is 13.8 Å². The summed E-state index contributed by atoms with van der Waals surface area (Å²) in [7, 11) is 0. The molecule has 0 aliphatic heterocycles. The highest BCUT2D eigenvalue weighted by Gasteiger charge is 2.05. The molecule has 0 unspecified atom stereocenters.